The smallest absolute Gasteiger partial charge is 0.0465 e. The van der Waals surface area contributed by atoms with E-state index in [-0.39, 0.29) is 32.5 Å². The normalized spacial score (nSPS) is 16.8. The number of nitrogens with zero attached hydrogens (tertiary/aromatic N) is 1. The Morgan fingerprint density at radius 3 is 0.557 bits per heavy atom. The number of benzene rings is 12. The van der Waals surface area contributed by atoms with Crippen molar-refractivity contribution < 1.29 is 0 Å². The van der Waals surface area contributed by atoms with E-state index >= 15 is 0 Å². The van der Waals surface area contributed by atoms with Crippen LogP contribution in [-0.2, 0) is 32.5 Å². The molecule has 0 unspecified atom stereocenters. The fraction of sp³-hybridized carbons (Fsp3) is 0.188. The average molecular weight is 1250 g/mol. The van der Waals surface area contributed by atoms with Gasteiger partial charge in [0, 0.05) is 49.6 Å². The lowest BCUT2D eigenvalue weighted by Gasteiger charge is -2.31. The molecule has 1 nitrogen and oxygen atoms in total. The Balaban J connectivity index is 0.688. The number of rotatable bonds is 9. The molecule has 0 spiro atoms. The van der Waals surface area contributed by atoms with E-state index in [0.717, 1.165) is 17.1 Å². The van der Waals surface area contributed by atoms with E-state index in [4.69, 9.17) is 0 Å². The monoisotopic (exact) mass is 1250 g/mol. The summed E-state index contributed by atoms with van der Waals surface area (Å²) < 4.78 is 0. The van der Waals surface area contributed by atoms with Gasteiger partial charge in [0.2, 0.25) is 0 Å². The van der Waals surface area contributed by atoms with Crippen LogP contribution in [0.4, 0.5) is 17.1 Å². The minimum absolute atomic E-state index is 0.0424. The van der Waals surface area contributed by atoms with E-state index in [0.29, 0.717) is 0 Å². The van der Waals surface area contributed by atoms with Crippen LogP contribution in [0.15, 0.2) is 237 Å². The van der Waals surface area contributed by atoms with Crippen molar-refractivity contribution in [3.63, 3.8) is 0 Å². The Morgan fingerprint density at radius 1 is 0.175 bits per heavy atom. The summed E-state index contributed by atoms with van der Waals surface area (Å²) in [5.41, 5.74) is 42.4. The van der Waals surface area contributed by atoms with Gasteiger partial charge in [0.25, 0.3) is 0 Å². The quantitative estimate of drug-likeness (QED) is 0.130. The molecule has 18 rings (SSSR count). The molecule has 470 valence electrons. The zero-order chi connectivity index (χ0) is 66.4. The van der Waals surface area contributed by atoms with Crippen molar-refractivity contribution in [2.45, 2.75) is 116 Å². The Labute approximate surface area is 573 Å². The first kappa shape index (κ1) is 59.2. The summed E-state index contributed by atoms with van der Waals surface area (Å²) in [5.74, 6) is 0. The number of hydrogen-bond acceptors (Lipinski definition) is 1. The van der Waals surface area contributed by atoms with Gasteiger partial charge in [0.15, 0.2) is 0 Å². The first-order chi connectivity index (χ1) is 46.6. The fourth-order valence-electron chi connectivity index (χ4n) is 18.5. The van der Waals surface area contributed by atoms with Crippen LogP contribution in [-0.4, -0.2) is 0 Å². The highest BCUT2D eigenvalue weighted by atomic mass is 15.1. The molecule has 12 aromatic carbocycles. The standard InChI is InChI=1S/C96H81N/c1-91(2)79-22-16-13-19-67(79)70-40-31-58(49-82(70)91)25-28-61-34-43-73-76-46-37-64(55-88(76)94(7,8)85(73)52-61)97(65-38-47-77-74-44-35-62(53-86(74)95(9,10)89(77)56-65)29-26-59-32-41-71-68-20-14-17-23-80(68)92(3,4)83(71)50-59)66-39-48-78-75-45-36-63(54-87(75)96(11,12)90(78)57-66)30-27-60-33-42-72-69-21-15-18-24-81(69)93(5,6)84(72)51-60/h13-57H,1-12H3/b28-25+,29-26+,30-27+. The second-order valence-electron chi connectivity index (χ2n) is 31.7. The molecule has 97 heavy (non-hydrogen) atoms. The minimum atomic E-state index is -0.257. The van der Waals surface area contributed by atoms with E-state index < -0.39 is 0 Å². The molecular weight excluding hydrogens is 1170 g/mol. The Morgan fingerprint density at radius 2 is 0.340 bits per heavy atom. The third-order valence-corrected chi connectivity index (χ3v) is 24.1. The van der Waals surface area contributed by atoms with Crippen LogP contribution in [0.25, 0.3) is 103 Å². The maximum absolute atomic E-state index is 2.55. The molecule has 0 saturated heterocycles. The van der Waals surface area contributed by atoms with Gasteiger partial charge in [-0.05, 0) is 203 Å². The van der Waals surface area contributed by atoms with Crippen LogP contribution in [0.3, 0.4) is 0 Å². The zero-order valence-electron chi connectivity index (χ0n) is 57.9. The predicted octanol–water partition coefficient (Wildman–Crippen LogP) is 25.5. The third kappa shape index (κ3) is 8.69. The molecule has 0 atom stereocenters. The summed E-state index contributed by atoms with van der Waals surface area (Å²) in [6.07, 6.45) is 13.8. The molecule has 0 amide bonds. The van der Waals surface area contributed by atoms with Gasteiger partial charge < -0.3 is 4.90 Å². The van der Waals surface area contributed by atoms with Crippen molar-refractivity contribution in [2.24, 2.45) is 0 Å². The van der Waals surface area contributed by atoms with Gasteiger partial charge in [0.1, 0.15) is 0 Å². The molecule has 0 saturated carbocycles. The zero-order valence-corrected chi connectivity index (χ0v) is 57.9. The van der Waals surface area contributed by atoms with Gasteiger partial charge in [0.05, 0.1) is 0 Å². The molecule has 0 bridgehead atoms. The molecule has 0 radical (unpaired) electrons. The van der Waals surface area contributed by atoms with Crippen LogP contribution in [0.5, 0.6) is 0 Å². The SMILES string of the molecule is CC1(C)c2ccccc2-c2ccc(/C=C/c3ccc4c(c3)C(C)(C)c3cc(N(c5ccc6c(c5)C(C)(C)c5cc(/C=C/c7ccc8c(c7)C(C)(C)c7ccccc7-8)ccc5-6)c5ccc6c(c5)C(C)(C)c5cc(/C=C/c7ccc8c(c7)C(C)(C)c7ccccc7-8)ccc5-6)ccc3-4)cc21. The summed E-state index contributed by atoms with van der Waals surface area (Å²) in [4.78, 5) is 2.55. The van der Waals surface area contributed by atoms with Gasteiger partial charge in [-0.3, -0.25) is 0 Å². The van der Waals surface area contributed by atoms with E-state index in [1.807, 2.05) is 0 Å². The van der Waals surface area contributed by atoms with E-state index in [1.165, 1.54) is 167 Å². The molecule has 0 fully saturated rings. The molecular formula is C96H81N. The van der Waals surface area contributed by atoms with Crippen LogP contribution in [0.1, 0.15) is 183 Å². The third-order valence-electron chi connectivity index (χ3n) is 24.1. The van der Waals surface area contributed by atoms with Crippen molar-refractivity contribution >= 4 is 53.5 Å². The molecule has 12 aromatic rings. The molecule has 6 aliphatic carbocycles. The topological polar surface area (TPSA) is 3.24 Å². The average Bonchev–Trinajstić information content (AvgIpc) is 1.59. The maximum atomic E-state index is 2.55. The predicted molar refractivity (Wildman–Crippen MR) is 413 cm³/mol. The highest BCUT2D eigenvalue weighted by Crippen LogP contribution is 2.58. The van der Waals surface area contributed by atoms with E-state index in [1.54, 1.807) is 0 Å². The van der Waals surface area contributed by atoms with Crippen molar-refractivity contribution in [1.29, 1.82) is 0 Å². The fourth-order valence-corrected chi connectivity index (χ4v) is 18.5. The van der Waals surface area contributed by atoms with Crippen LogP contribution >= 0.6 is 0 Å². The highest BCUT2D eigenvalue weighted by molar-refractivity contribution is 5.93. The Hall–Kier alpha value is -10.3. The molecule has 1 heteroatoms. The minimum Gasteiger partial charge on any atom is -0.310 e. The highest BCUT2D eigenvalue weighted by Gasteiger charge is 2.42. The van der Waals surface area contributed by atoms with Crippen molar-refractivity contribution in [1.82, 2.24) is 0 Å². The molecule has 0 heterocycles. The summed E-state index contributed by atoms with van der Waals surface area (Å²) in [7, 11) is 0. The first-order valence-electron chi connectivity index (χ1n) is 35.0. The summed E-state index contributed by atoms with van der Waals surface area (Å²) in [6.45, 7) is 28.7. The Kier molecular flexibility index (Phi) is 12.6. The van der Waals surface area contributed by atoms with Gasteiger partial charge >= 0.3 is 0 Å². The number of anilines is 3. The van der Waals surface area contributed by atoms with Gasteiger partial charge in [-0.2, -0.15) is 0 Å². The second-order valence-corrected chi connectivity index (χ2v) is 31.7. The van der Waals surface area contributed by atoms with Gasteiger partial charge in [-0.25, -0.2) is 0 Å². The lowest BCUT2D eigenvalue weighted by molar-refractivity contribution is 0.659. The largest absolute Gasteiger partial charge is 0.310 e. The Bertz CT molecular complexity index is 4980. The molecule has 0 aromatic heterocycles. The summed E-state index contributed by atoms with van der Waals surface area (Å²) in [5, 5.41) is 0. The first-order valence-corrected chi connectivity index (χ1v) is 35.0. The number of hydrogen-bond donors (Lipinski definition) is 0. The lowest BCUT2D eigenvalue weighted by Crippen LogP contribution is -2.19. The van der Waals surface area contributed by atoms with Crippen LogP contribution in [0.2, 0.25) is 0 Å². The van der Waals surface area contributed by atoms with Gasteiger partial charge in [-0.1, -0.05) is 320 Å². The maximum Gasteiger partial charge on any atom is 0.0465 e. The van der Waals surface area contributed by atoms with Crippen molar-refractivity contribution in [2.75, 3.05) is 4.90 Å². The van der Waals surface area contributed by atoms with Gasteiger partial charge in [-0.15, -0.1) is 0 Å². The summed E-state index contributed by atoms with van der Waals surface area (Å²) >= 11 is 0. The molecule has 0 N–H and O–H groups in total. The van der Waals surface area contributed by atoms with E-state index in [9.17, 15) is 0 Å². The van der Waals surface area contributed by atoms with Crippen LogP contribution in [0, 0.1) is 0 Å². The lowest BCUT2D eigenvalue weighted by atomic mass is 9.81. The van der Waals surface area contributed by atoms with Crippen LogP contribution < -0.4 is 4.90 Å². The van der Waals surface area contributed by atoms with Crippen molar-refractivity contribution in [3.8, 4) is 66.8 Å². The summed E-state index contributed by atoms with van der Waals surface area (Å²) in [6, 6.07) is 91.0. The second kappa shape index (κ2) is 20.6. The van der Waals surface area contributed by atoms with Crippen molar-refractivity contribution in [3.05, 3.63) is 337 Å². The molecule has 0 aliphatic heterocycles. The van der Waals surface area contributed by atoms with E-state index in [2.05, 4.69) is 361 Å². The molecule has 6 aliphatic rings. The number of fused-ring (bicyclic) bond motifs is 18.